The molecule has 1 aliphatic heterocycles. The topological polar surface area (TPSA) is 83.5 Å². The molecular weight excluding hydrogens is 292 g/mol. The molecule has 1 heterocycles. The highest BCUT2D eigenvalue weighted by Crippen LogP contribution is 2.10. The number of carbonyl (C=O) groups is 2. The molecule has 0 aromatic heterocycles. The molecule has 0 atom stereocenters. The van der Waals surface area contributed by atoms with Crippen molar-refractivity contribution in [2.75, 3.05) is 25.9 Å². The Balaban J connectivity index is 1.92. The summed E-state index contributed by atoms with van der Waals surface area (Å²) in [5, 5.41) is 2.55. The second-order valence-corrected chi connectivity index (χ2v) is 7.08. The fourth-order valence-electron chi connectivity index (χ4n) is 2.19. The minimum Gasteiger partial charge on any atom is -0.343 e. The summed E-state index contributed by atoms with van der Waals surface area (Å²) in [4.78, 5) is 25.6. The first-order chi connectivity index (χ1) is 9.88. The summed E-state index contributed by atoms with van der Waals surface area (Å²) in [5.74, 6) is -0.476. The minimum atomic E-state index is -3.27. The van der Waals surface area contributed by atoms with Gasteiger partial charge in [0.15, 0.2) is 9.84 Å². The molecule has 7 heteroatoms. The number of hydrogen-bond acceptors (Lipinski definition) is 4. The quantitative estimate of drug-likeness (QED) is 0.875. The van der Waals surface area contributed by atoms with Crippen molar-refractivity contribution in [3.05, 3.63) is 29.8 Å². The van der Waals surface area contributed by atoms with E-state index in [0.717, 1.165) is 32.2 Å². The number of nitrogens with one attached hydrogen (secondary N) is 1. The van der Waals surface area contributed by atoms with Gasteiger partial charge in [-0.1, -0.05) is 0 Å². The predicted molar refractivity (Wildman–Crippen MR) is 77.7 cm³/mol. The molecule has 1 aliphatic rings. The molecule has 1 fully saturated rings. The lowest BCUT2D eigenvalue weighted by molar-refractivity contribution is -0.129. The Hall–Kier alpha value is -1.89. The maximum Gasteiger partial charge on any atom is 0.251 e. The van der Waals surface area contributed by atoms with E-state index < -0.39 is 9.84 Å². The summed E-state index contributed by atoms with van der Waals surface area (Å²) < 4.78 is 22.7. The predicted octanol–water partition coefficient (Wildman–Crippen LogP) is 0.442. The maximum absolute atomic E-state index is 11.9. The molecule has 0 saturated carbocycles. The molecule has 0 bridgehead atoms. The number of nitrogens with zero attached hydrogens (tertiary/aromatic N) is 1. The standard InChI is InChI=1S/C14H18N2O4S/c1-21(19,20)12-6-4-11(5-7-12)14(18)15-10-13(17)16-8-2-3-9-16/h4-7H,2-3,8-10H2,1H3,(H,15,18). The number of sulfone groups is 1. The van der Waals surface area contributed by atoms with Crippen LogP contribution in [0.1, 0.15) is 23.2 Å². The van der Waals surface area contributed by atoms with Gasteiger partial charge in [-0.25, -0.2) is 8.42 Å². The van der Waals surface area contributed by atoms with Crippen LogP contribution in [0, 0.1) is 0 Å². The average molecular weight is 310 g/mol. The second kappa shape index (κ2) is 6.26. The number of rotatable bonds is 4. The van der Waals surface area contributed by atoms with Crippen molar-refractivity contribution in [3.8, 4) is 0 Å². The van der Waals surface area contributed by atoms with Gasteiger partial charge in [0.05, 0.1) is 11.4 Å². The lowest BCUT2D eigenvalue weighted by Gasteiger charge is -2.15. The molecule has 1 N–H and O–H groups in total. The summed E-state index contributed by atoms with van der Waals surface area (Å²) in [7, 11) is -3.27. The zero-order valence-corrected chi connectivity index (χ0v) is 12.6. The molecule has 0 aliphatic carbocycles. The Kier molecular flexibility index (Phi) is 4.62. The number of likely N-dealkylation sites (tertiary alicyclic amines) is 1. The van der Waals surface area contributed by atoms with Gasteiger partial charge < -0.3 is 10.2 Å². The van der Waals surface area contributed by atoms with Gasteiger partial charge in [0, 0.05) is 24.9 Å². The highest BCUT2D eigenvalue weighted by Gasteiger charge is 2.18. The monoisotopic (exact) mass is 310 g/mol. The van der Waals surface area contributed by atoms with Gasteiger partial charge in [0.25, 0.3) is 5.91 Å². The van der Waals surface area contributed by atoms with E-state index in [9.17, 15) is 18.0 Å². The summed E-state index contributed by atoms with van der Waals surface area (Å²) in [5.41, 5.74) is 0.330. The SMILES string of the molecule is CS(=O)(=O)c1ccc(C(=O)NCC(=O)N2CCCC2)cc1. The van der Waals surface area contributed by atoms with Crippen molar-refractivity contribution in [3.63, 3.8) is 0 Å². The van der Waals surface area contributed by atoms with Gasteiger partial charge in [-0.05, 0) is 37.1 Å². The lowest BCUT2D eigenvalue weighted by atomic mass is 10.2. The third-order valence-corrected chi connectivity index (χ3v) is 4.53. The first kappa shape index (κ1) is 15.5. The third kappa shape index (κ3) is 4.04. The van der Waals surface area contributed by atoms with Crippen molar-refractivity contribution in [2.45, 2.75) is 17.7 Å². The Morgan fingerprint density at radius 1 is 1.14 bits per heavy atom. The maximum atomic E-state index is 11.9. The zero-order chi connectivity index (χ0) is 15.5. The van der Waals surface area contributed by atoms with Crippen molar-refractivity contribution < 1.29 is 18.0 Å². The molecule has 2 amide bonds. The van der Waals surface area contributed by atoms with E-state index in [1.165, 1.54) is 24.3 Å². The molecule has 2 rings (SSSR count). The number of benzene rings is 1. The van der Waals surface area contributed by atoms with Crippen LogP contribution in [-0.4, -0.2) is 51.0 Å². The third-order valence-electron chi connectivity index (χ3n) is 3.40. The summed E-state index contributed by atoms with van der Waals surface area (Å²) >= 11 is 0. The van der Waals surface area contributed by atoms with E-state index in [2.05, 4.69) is 5.32 Å². The average Bonchev–Trinajstić information content (AvgIpc) is 2.98. The van der Waals surface area contributed by atoms with Crippen LogP contribution in [0.4, 0.5) is 0 Å². The van der Waals surface area contributed by atoms with Crippen LogP contribution in [0.5, 0.6) is 0 Å². The normalized spacial score (nSPS) is 15.0. The van der Waals surface area contributed by atoms with E-state index in [0.29, 0.717) is 5.56 Å². The van der Waals surface area contributed by atoms with Gasteiger partial charge in [-0.3, -0.25) is 9.59 Å². The second-order valence-electron chi connectivity index (χ2n) is 5.07. The van der Waals surface area contributed by atoms with Crippen molar-refractivity contribution in [1.29, 1.82) is 0 Å². The molecule has 1 aromatic rings. The highest BCUT2D eigenvalue weighted by molar-refractivity contribution is 7.90. The van der Waals surface area contributed by atoms with Gasteiger partial charge in [0.2, 0.25) is 5.91 Å². The van der Waals surface area contributed by atoms with Crippen molar-refractivity contribution in [1.82, 2.24) is 10.2 Å². The van der Waals surface area contributed by atoms with Crippen molar-refractivity contribution in [2.24, 2.45) is 0 Å². The van der Waals surface area contributed by atoms with E-state index >= 15 is 0 Å². The smallest absolute Gasteiger partial charge is 0.251 e. The van der Waals surface area contributed by atoms with Gasteiger partial charge in [0.1, 0.15) is 0 Å². The molecule has 1 aromatic carbocycles. The number of hydrogen-bond donors (Lipinski definition) is 1. The van der Waals surface area contributed by atoms with Crippen LogP contribution in [0.25, 0.3) is 0 Å². The van der Waals surface area contributed by atoms with E-state index in [1.54, 1.807) is 4.90 Å². The van der Waals surface area contributed by atoms with Gasteiger partial charge in [-0.15, -0.1) is 0 Å². The molecule has 0 spiro atoms. The number of carbonyl (C=O) groups excluding carboxylic acids is 2. The Morgan fingerprint density at radius 3 is 2.24 bits per heavy atom. The first-order valence-corrected chi connectivity index (χ1v) is 8.63. The van der Waals surface area contributed by atoms with Crippen LogP contribution >= 0.6 is 0 Å². The van der Waals surface area contributed by atoms with Crippen molar-refractivity contribution >= 4 is 21.7 Å². The zero-order valence-electron chi connectivity index (χ0n) is 11.8. The molecule has 21 heavy (non-hydrogen) atoms. The molecule has 0 radical (unpaired) electrons. The summed E-state index contributed by atoms with van der Waals surface area (Å²) in [6.07, 6.45) is 3.12. The van der Waals surface area contributed by atoms with E-state index in [4.69, 9.17) is 0 Å². The number of amides is 2. The molecule has 0 unspecified atom stereocenters. The Labute approximate surface area is 124 Å². The van der Waals surface area contributed by atoms with Crippen LogP contribution in [-0.2, 0) is 14.6 Å². The van der Waals surface area contributed by atoms with Crippen LogP contribution in [0.2, 0.25) is 0 Å². The molecule has 6 nitrogen and oxygen atoms in total. The highest BCUT2D eigenvalue weighted by atomic mass is 32.2. The lowest BCUT2D eigenvalue weighted by Crippen LogP contribution is -2.38. The summed E-state index contributed by atoms with van der Waals surface area (Å²) in [6.45, 7) is 1.46. The molecular formula is C14H18N2O4S. The largest absolute Gasteiger partial charge is 0.343 e. The molecule has 114 valence electrons. The molecule has 1 saturated heterocycles. The van der Waals surface area contributed by atoms with Gasteiger partial charge >= 0.3 is 0 Å². The van der Waals surface area contributed by atoms with Crippen LogP contribution < -0.4 is 5.32 Å². The fourth-order valence-corrected chi connectivity index (χ4v) is 2.82. The minimum absolute atomic E-state index is 0.0351. The Bertz CT molecular complexity index is 631. The van der Waals surface area contributed by atoms with Gasteiger partial charge in [-0.2, -0.15) is 0 Å². The van der Waals surface area contributed by atoms with Crippen LogP contribution in [0.15, 0.2) is 29.2 Å². The fraction of sp³-hybridized carbons (Fsp3) is 0.429. The van der Waals surface area contributed by atoms with Crippen LogP contribution in [0.3, 0.4) is 0 Å². The first-order valence-electron chi connectivity index (χ1n) is 6.74. The Morgan fingerprint density at radius 2 is 1.71 bits per heavy atom. The van der Waals surface area contributed by atoms with E-state index in [1.807, 2.05) is 0 Å². The van der Waals surface area contributed by atoms with E-state index in [-0.39, 0.29) is 23.3 Å². The summed E-state index contributed by atoms with van der Waals surface area (Å²) in [6, 6.07) is 5.64.